The van der Waals surface area contributed by atoms with Crippen molar-refractivity contribution >= 4 is 17.7 Å². The topological polar surface area (TPSA) is 26.3 Å². The minimum absolute atomic E-state index is 0.179. The van der Waals surface area contributed by atoms with Crippen LogP contribution in [0.15, 0.2) is 12.2 Å². The molecule has 1 aliphatic heterocycles. The SMILES string of the molecule is CCCCOC(=O)C=CC1CCSCC1. The van der Waals surface area contributed by atoms with Gasteiger partial charge in [-0.05, 0) is 36.7 Å². The van der Waals surface area contributed by atoms with Gasteiger partial charge in [-0.1, -0.05) is 19.4 Å². The van der Waals surface area contributed by atoms with E-state index in [0.29, 0.717) is 12.5 Å². The van der Waals surface area contributed by atoms with Crippen LogP contribution in [-0.2, 0) is 9.53 Å². The molecule has 0 amide bonds. The number of hydrogen-bond donors (Lipinski definition) is 0. The maximum atomic E-state index is 11.2. The van der Waals surface area contributed by atoms with Gasteiger partial charge < -0.3 is 4.74 Å². The standard InChI is InChI=1S/C12H20O2S/c1-2-3-8-14-12(13)5-4-11-6-9-15-10-7-11/h4-5,11H,2-3,6-10H2,1H3. The zero-order valence-electron chi connectivity index (χ0n) is 9.41. The Morgan fingerprint density at radius 2 is 2.20 bits per heavy atom. The van der Waals surface area contributed by atoms with Gasteiger partial charge in [0.25, 0.3) is 0 Å². The van der Waals surface area contributed by atoms with E-state index in [1.807, 2.05) is 17.8 Å². The number of carbonyl (C=O) groups is 1. The lowest BCUT2D eigenvalue weighted by molar-refractivity contribution is -0.137. The summed E-state index contributed by atoms with van der Waals surface area (Å²) in [5.41, 5.74) is 0. The molecule has 1 rings (SSSR count). The quantitative estimate of drug-likeness (QED) is 0.411. The average molecular weight is 228 g/mol. The molecular formula is C12H20O2S. The number of unbranched alkanes of at least 4 members (excludes halogenated alkanes) is 1. The highest BCUT2D eigenvalue weighted by Crippen LogP contribution is 2.23. The third kappa shape index (κ3) is 5.88. The molecule has 0 aliphatic carbocycles. The fourth-order valence-electron chi connectivity index (χ4n) is 1.49. The molecule has 0 aromatic heterocycles. The van der Waals surface area contributed by atoms with Crippen molar-refractivity contribution in [3.8, 4) is 0 Å². The first-order valence-corrected chi connectivity index (χ1v) is 6.91. The second-order valence-electron chi connectivity index (χ2n) is 3.83. The molecule has 0 atom stereocenters. The molecule has 3 heteroatoms. The molecular weight excluding hydrogens is 208 g/mol. The number of ether oxygens (including phenoxy) is 1. The molecule has 0 N–H and O–H groups in total. The van der Waals surface area contributed by atoms with Crippen molar-refractivity contribution in [3.63, 3.8) is 0 Å². The zero-order valence-corrected chi connectivity index (χ0v) is 10.2. The number of allylic oxidation sites excluding steroid dienone is 1. The molecule has 1 heterocycles. The second kappa shape index (κ2) is 7.80. The Morgan fingerprint density at radius 1 is 1.47 bits per heavy atom. The Kier molecular flexibility index (Phi) is 6.57. The maximum absolute atomic E-state index is 11.2. The Labute approximate surface area is 96.5 Å². The first-order valence-electron chi connectivity index (χ1n) is 5.75. The van der Waals surface area contributed by atoms with Gasteiger partial charge in [-0.3, -0.25) is 0 Å². The Bertz CT molecular complexity index is 208. The van der Waals surface area contributed by atoms with E-state index in [4.69, 9.17) is 4.74 Å². The van der Waals surface area contributed by atoms with Crippen molar-refractivity contribution in [2.24, 2.45) is 5.92 Å². The third-order valence-corrected chi connectivity index (χ3v) is 3.56. The van der Waals surface area contributed by atoms with Crippen LogP contribution in [0.1, 0.15) is 32.6 Å². The van der Waals surface area contributed by atoms with Crippen LogP contribution in [-0.4, -0.2) is 24.1 Å². The van der Waals surface area contributed by atoms with Crippen LogP contribution in [0.3, 0.4) is 0 Å². The summed E-state index contributed by atoms with van der Waals surface area (Å²) in [5.74, 6) is 2.85. The first-order chi connectivity index (χ1) is 7.33. The number of rotatable bonds is 5. The van der Waals surface area contributed by atoms with E-state index in [-0.39, 0.29) is 5.97 Å². The lowest BCUT2D eigenvalue weighted by Gasteiger charge is -2.17. The van der Waals surface area contributed by atoms with Gasteiger partial charge in [0.2, 0.25) is 0 Å². The van der Waals surface area contributed by atoms with E-state index in [0.717, 1.165) is 12.8 Å². The Morgan fingerprint density at radius 3 is 2.87 bits per heavy atom. The summed E-state index contributed by atoms with van der Waals surface area (Å²) in [6.07, 6.45) is 8.05. The van der Waals surface area contributed by atoms with Gasteiger partial charge in [0.15, 0.2) is 0 Å². The lowest BCUT2D eigenvalue weighted by Crippen LogP contribution is -2.08. The Balaban J connectivity index is 2.14. The molecule has 0 saturated carbocycles. The van der Waals surface area contributed by atoms with E-state index in [9.17, 15) is 4.79 Å². The summed E-state index contributed by atoms with van der Waals surface area (Å²) in [4.78, 5) is 11.2. The van der Waals surface area contributed by atoms with Crippen molar-refractivity contribution in [3.05, 3.63) is 12.2 Å². The second-order valence-corrected chi connectivity index (χ2v) is 5.05. The van der Waals surface area contributed by atoms with Crippen LogP contribution in [0.5, 0.6) is 0 Å². The van der Waals surface area contributed by atoms with Crippen LogP contribution in [0.25, 0.3) is 0 Å². The van der Waals surface area contributed by atoms with Gasteiger partial charge >= 0.3 is 5.97 Å². The fraction of sp³-hybridized carbons (Fsp3) is 0.750. The molecule has 0 aromatic carbocycles. The lowest BCUT2D eigenvalue weighted by atomic mass is 10.0. The smallest absolute Gasteiger partial charge is 0.330 e. The highest BCUT2D eigenvalue weighted by molar-refractivity contribution is 7.99. The monoisotopic (exact) mass is 228 g/mol. The summed E-state index contributed by atoms with van der Waals surface area (Å²) in [6.45, 7) is 2.64. The minimum atomic E-state index is -0.179. The molecule has 0 unspecified atom stereocenters. The molecule has 0 spiro atoms. The maximum Gasteiger partial charge on any atom is 0.330 e. The van der Waals surface area contributed by atoms with E-state index in [1.54, 1.807) is 6.08 Å². The number of carbonyl (C=O) groups excluding carboxylic acids is 1. The van der Waals surface area contributed by atoms with Gasteiger partial charge in [-0.15, -0.1) is 0 Å². The molecule has 1 fully saturated rings. The summed E-state index contributed by atoms with van der Waals surface area (Å²) < 4.78 is 5.04. The first kappa shape index (κ1) is 12.6. The number of esters is 1. The summed E-state index contributed by atoms with van der Waals surface area (Å²) in [7, 11) is 0. The fourth-order valence-corrected chi connectivity index (χ4v) is 2.63. The van der Waals surface area contributed by atoms with Crippen molar-refractivity contribution in [1.82, 2.24) is 0 Å². The van der Waals surface area contributed by atoms with E-state index >= 15 is 0 Å². The summed E-state index contributed by atoms with van der Waals surface area (Å²) >= 11 is 2.00. The molecule has 0 bridgehead atoms. The predicted molar refractivity (Wildman–Crippen MR) is 65.1 cm³/mol. The normalized spacial score (nSPS) is 18.2. The number of hydrogen-bond acceptors (Lipinski definition) is 3. The number of thioether (sulfide) groups is 1. The van der Waals surface area contributed by atoms with Crippen LogP contribution < -0.4 is 0 Å². The van der Waals surface area contributed by atoms with Crippen LogP contribution >= 0.6 is 11.8 Å². The van der Waals surface area contributed by atoms with Crippen molar-refractivity contribution < 1.29 is 9.53 Å². The highest BCUT2D eigenvalue weighted by atomic mass is 32.2. The average Bonchev–Trinajstić information content (AvgIpc) is 2.28. The molecule has 1 aliphatic rings. The van der Waals surface area contributed by atoms with Crippen molar-refractivity contribution in [1.29, 1.82) is 0 Å². The van der Waals surface area contributed by atoms with Crippen LogP contribution in [0.4, 0.5) is 0 Å². The largest absolute Gasteiger partial charge is 0.463 e. The predicted octanol–water partition coefficient (Wildman–Crippen LogP) is 3.03. The van der Waals surface area contributed by atoms with Gasteiger partial charge in [-0.2, -0.15) is 11.8 Å². The van der Waals surface area contributed by atoms with Gasteiger partial charge in [0.05, 0.1) is 6.61 Å². The van der Waals surface area contributed by atoms with E-state index in [2.05, 4.69) is 6.92 Å². The highest BCUT2D eigenvalue weighted by Gasteiger charge is 2.10. The minimum Gasteiger partial charge on any atom is -0.463 e. The van der Waals surface area contributed by atoms with E-state index in [1.165, 1.54) is 24.3 Å². The van der Waals surface area contributed by atoms with Crippen LogP contribution in [0, 0.1) is 5.92 Å². The summed E-state index contributed by atoms with van der Waals surface area (Å²) in [5, 5.41) is 0. The van der Waals surface area contributed by atoms with Gasteiger partial charge in [0, 0.05) is 6.08 Å². The third-order valence-electron chi connectivity index (χ3n) is 2.51. The van der Waals surface area contributed by atoms with Crippen LogP contribution in [0.2, 0.25) is 0 Å². The molecule has 86 valence electrons. The zero-order chi connectivity index (χ0) is 10.9. The van der Waals surface area contributed by atoms with E-state index < -0.39 is 0 Å². The summed E-state index contributed by atoms with van der Waals surface area (Å²) in [6, 6.07) is 0. The Hall–Kier alpha value is -0.440. The molecule has 2 nitrogen and oxygen atoms in total. The molecule has 0 aromatic rings. The van der Waals surface area contributed by atoms with Gasteiger partial charge in [-0.25, -0.2) is 4.79 Å². The molecule has 0 radical (unpaired) electrons. The van der Waals surface area contributed by atoms with Gasteiger partial charge in [0.1, 0.15) is 0 Å². The van der Waals surface area contributed by atoms with Crippen molar-refractivity contribution in [2.75, 3.05) is 18.1 Å². The molecule has 1 saturated heterocycles. The molecule has 15 heavy (non-hydrogen) atoms. The van der Waals surface area contributed by atoms with Crippen molar-refractivity contribution in [2.45, 2.75) is 32.6 Å².